The summed E-state index contributed by atoms with van der Waals surface area (Å²) in [6.07, 6.45) is 0.0653. The number of hydrogen-bond donors (Lipinski definition) is 0. The number of anilines is 3. The van der Waals surface area contributed by atoms with Crippen LogP contribution in [-0.4, -0.2) is 13.2 Å². The average Bonchev–Trinajstić information content (AvgIpc) is 2.84. The first-order valence-corrected chi connectivity index (χ1v) is 8.39. The van der Waals surface area contributed by atoms with E-state index in [4.69, 9.17) is 0 Å². The lowest BCUT2D eigenvalue weighted by Gasteiger charge is -2.31. The molecule has 0 saturated carbocycles. The highest BCUT2D eigenvalue weighted by Crippen LogP contribution is 2.48. The van der Waals surface area contributed by atoms with Gasteiger partial charge in [0.05, 0.1) is 28.6 Å². The lowest BCUT2D eigenvalue weighted by atomic mass is 9.96. The van der Waals surface area contributed by atoms with Crippen LogP contribution < -0.4 is 9.80 Å². The molecule has 126 valence electrons. The zero-order chi connectivity index (χ0) is 18.5. The third kappa shape index (κ3) is 2.34. The van der Waals surface area contributed by atoms with E-state index in [0.717, 1.165) is 17.1 Å². The molecule has 0 unspecified atom stereocenters. The van der Waals surface area contributed by atoms with Crippen molar-refractivity contribution in [1.29, 1.82) is 10.5 Å². The zero-order valence-corrected chi connectivity index (χ0v) is 15.6. The fraction of sp³-hybridized carbons (Fsp3) is 0.333. The Morgan fingerprint density at radius 1 is 0.880 bits per heavy atom. The van der Waals surface area contributed by atoms with Crippen LogP contribution >= 0.6 is 0 Å². The van der Waals surface area contributed by atoms with Crippen LogP contribution in [0, 0.1) is 50.4 Å². The van der Waals surface area contributed by atoms with Gasteiger partial charge in [-0.3, -0.25) is 0 Å². The molecule has 0 bridgehead atoms. The van der Waals surface area contributed by atoms with Crippen LogP contribution in [-0.2, 0) is 0 Å². The van der Waals surface area contributed by atoms with E-state index in [2.05, 4.69) is 62.6 Å². The summed E-state index contributed by atoms with van der Waals surface area (Å²) < 4.78 is 0. The second kappa shape index (κ2) is 5.83. The van der Waals surface area contributed by atoms with E-state index in [1.807, 2.05) is 13.1 Å². The van der Waals surface area contributed by atoms with Gasteiger partial charge < -0.3 is 9.80 Å². The summed E-state index contributed by atoms with van der Waals surface area (Å²) in [6, 6.07) is 10.2. The van der Waals surface area contributed by atoms with Gasteiger partial charge in [0.25, 0.3) is 0 Å². The molecule has 0 aromatic heterocycles. The van der Waals surface area contributed by atoms with Crippen molar-refractivity contribution in [3.05, 3.63) is 51.6 Å². The first-order chi connectivity index (χ1) is 11.8. The predicted octanol–water partition coefficient (Wildman–Crippen LogP) is 4.60. The molecule has 1 atom stereocenters. The Bertz CT molecular complexity index is 960. The lowest BCUT2D eigenvalue weighted by molar-refractivity contribution is 0.730. The molecule has 0 amide bonds. The number of rotatable bonds is 1. The van der Waals surface area contributed by atoms with Crippen LogP contribution in [0.3, 0.4) is 0 Å². The molecule has 0 spiro atoms. The van der Waals surface area contributed by atoms with Crippen LogP contribution in [0.1, 0.15) is 40.3 Å². The average molecular weight is 330 g/mol. The van der Waals surface area contributed by atoms with Crippen molar-refractivity contribution in [2.75, 3.05) is 16.8 Å². The van der Waals surface area contributed by atoms with Gasteiger partial charge >= 0.3 is 0 Å². The first kappa shape index (κ1) is 16.9. The predicted molar refractivity (Wildman–Crippen MR) is 101 cm³/mol. The van der Waals surface area contributed by atoms with Crippen molar-refractivity contribution in [2.24, 2.45) is 0 Å². The summed E-state index contributed by atoms with van der Waals surface area (Å²) in [5.41, 5.74) is 9.02. The monoisotopic (exact) mass is 330 g/mol. The smallest absolute Gasteiger partial charge is 0.103 e. The molecule has 0 N–H and O–H groups in total. The van der Waals surface area contributed by atoms with Gasteiger partial charge in [-0.05, 0) is 69.0 Å². The minimum absolute atomic E-state index is 0.0653. The zero-order valence-electron chi connectivity index (χ0n) is 15.6. The number of benzene rings is 2. The van der Waals surface area contributed by atoms with Gasteiger partial charge in [0.2, 0.25) is 0 Å². The summed E-state index contributed by atoms with van der Waals surface area (Å²) in [7, 11) is 2.01. The highest BCUT2D eigenvalue weighted by molar-refractivity contribution is 5.90. The molecule has 1 heterocycles. The Balaban J connectivity index is 2.35. The fourth-order valence-electron chi connectivity index (χ4n) is 3.79. The Morgan fingerprint density at radius 3 is 2.16 bits per heavy atom. The van der Waals surface area contributed by atoms with Gasteiger partial charge in [-0.25, -0.2) is 0 Å². The standard InChI is InChI=1S/C21H22N4/c1-12-7-13(2)20(15(4)14(12)3)25-16(5)24(6)19-9-17(10-22)8-18(11-23)21(19)25/h7-9,16H,1-6H3/t16-/m0/s1. The van der Waals surface area contributed by atoms with Crippen molar-refractivity contribution in [3.63, 3.8) is 0 Å². The number of aryl methyl sites for hydroxylation is 2. The maximum Gasteiger partial charge on any atom is 0.103 e. The number of fused-ring (bicyclic) bond motifs is 1. The topological polar surface area (TPSA) is 54.1 Å². The van der Waals surface area contributed by atoms with Crippen LogP contribution in [0.2, 0.25) is 0 Å². The molecule has 2 aromatic carbocycles. The second-order valence-corrected chi connectivity index (χ2v) is 6.84. The normalized spacial score (nSPS) is 15.8. The van der Waals surface area contributed by atoms with Crippen molar-refractivity contribution in [3.8, 4) is 12.1 Å². The summed E-state index contributed by atoms with van der Waals surface area (Å²) in [6.45, 7) is 10.7. The molecule has 4 nitrogen and oxygen atoms in total. The minimum atomic E-state index is 0.0653. The number of nitriles is 2. The number of hydrogen-bond acceptors (Lipinski definition) is 4. The van der Waals surface area contributed by atoms with Gasteiger partial charge in [0, 0.05) is 12.7 Å². The van der Waals surface area contributed by atoms with E-state index in [0.29, 0.717) is 11.1 Å². The highest BCUT2D eigenvalue weighted by Gasteiger charge is 2.36. The molecule has 0 saturated heterocycles. The molecular weight excluding hydrogens is 308 g/mol. The van der Waals surface area contributed by atoms with Gasteiger partial charge in [0.15, 0.2) is 0 Å². The van der Waals surface area contributed by atoms with Gasteiger partial charge in [0.1, 0.15) is 12.2 Å². The fourth-order valence-corrected chi connectivity index (χ4v) is 3.79. The highest BCUT2D eigenvalue weighted by atomic mass is 15.4. The third-order valence-corrected chi connectivity index (χ3v) is 5.45. The number of nitrogens with zero attached hydrogens (tertiary/aromatic N) is 4. The molecule has 2 aromatic rings. The third-order valence-electron chi connectivity index (χ3n) is 5.45. The Hall–Kier alpha value is -2.98. The lowest BCUT2D eigenvalue weighted by Crippen LogP contribution is -2.36. The van der Waals surface area contributed by atoms with E-state index in [1.165, 1.54) is 22.3 Å². The summed E-state index contributed by atoms with van der Waals surface area (Å²) in [5, 5.41) is 19.0. The summed E-state index contributed by atoms with van der Waals surface area (Å²) in [4.78, 5) is 4.37. The largest absolute Gasteiger partial charge is 0.352 e. The molecule has 0 aliphatic carbocycles. The molecule has 25 heavy (non-hydrogen) atoms. The van der Waals surface area contributed by atoms with E-state index in [9.17, 15) is 10.5 Å². The molecular formula is C21H22N4. The Labute approximate surface area is 149 Å². The molecule has 3 rings (SSSR count). The van der Waals surface area contributed by atoms with Crippen LogP contribution in [0.25, 0.3) is 0 Å². The van der Waals surface area contributed by atoms with Crippen LogP contribution in [0.5, 0.6) is 0 Å². The molecule has 1 aliphatic rings. The Kier molecular flexibility index (Phi) is 3.93. The van der Waals surface area contributed by atoms with Crippen LogP contribution in [0.4, 0.5) is 17.1 Å². The van der Waals surface area contributed by atoms with E-state index in [1.54, 1.807) is 6.07 Å². The molecule has 4 heteroatoms. The molecule has 0 radical (unpaired) electrons. The molecule has 0 fully saturated rings. The maximum absolute atomic E-state index is 9.69. The van der Waals surface area contributed by atoms with Gasteiger partial charge in [-0.2, -0.15) is 10.5 Å². The van der Waals surface area contributed by atoms with E-state index >= 15 is 0 Å². The van der Waals surface area contributed by atoms with E-state index in [-0.39, 0.29) is 6.17 Å². The van der Waals surface area contributed by atoms with Crippen molar-refractivity contribution < 1.29 is 0 Å². The van der Waals surface area contributed by atoms with Crippen molar-refractivity contribution in [1.82, 2.24) is 0 Å². The van der Waals surface area contributed by atoms with Crippen molar-refractivity contribution >= 4 is 17.1 Å². The minimum Gasteiger partial charge on any atom is -0.352 e. The SMILES string of the molecule is Cc1cc(C)c(N2c3c(C#N)cc(C#N)cc3N(C)[C@@H]2C)c(C)c1C. The summed E-state index contributed by atoms with van der Waals surface area (Å²) in [5.74, 6) is 0. The van der Waals surface area contributed by atoms with Gasteiger partial charge in [-0.1, -0.05) is 6.07 Å². The Morgan fingerprint density at radius 2 is 1.56 bits per heavy atom. The maximum atomic E-state index is 9.69. The van der Waals surface area contributed by atoms with E-state index < -0.39 is 0 Å². The van der Waals surface area contributed by atoms with Gasteiger partial charge in [-0.15, -0.1) is 0 Å². The van der Waals surface area contributed by atoms with Crippen molar-refractivity contribution in [2.45, 2.75) is 40.8 Å². The van der Waals surface area contributed by atoms with Crippen LogP contribution in [0.15, 0.2) is 18.2 Å². The first-order valence-electron chi connectivity index (χ1n) is 8.39. The summed E-state index contributed by atoms with van der Waals surface area (Å²) >= 11 is 0. The molecule has 1 aliphatic heterocycles. The quantitative estimate of drug-likeness (QED) is 0.767. The second-order valence-electron chi connectivity index (χ2n) is 6.84.